The third-order valence-corrected chi connectivity index (χ3v) is 5.21. The number of thiazole rings is 1. The monoisotopic (exact) mass is 390 g/mol. The van der Waals surface area contributed by atoms with Gasteiger partial charge in [-0.1, -0.05) is 54.1 Å². The maximum absolute atomic E-state index is 12.3. The second-order valence-corrected chi connectivity index (χ2v) is 7.24. The molecule has 0 aliphatic rings. The zero-order valence-electron chi connectivity index (χ0n) is 14.2. The molecule has 0 radical (unpaired) electrons. The number of anilines is 1. The zero-order valence-corrected chi connectivity index (χ0v) is 15.8. The molecule has 4 rings (SSSR count). The fourth-order valence-electron chi connectivity index (χ4n) is 2.65. The molecule has 4 aromatic rings. The third-order valence-electron chi connectivity index (χ3n) is 4.07. The highest BCUT2D eigenvalue weighted by atomic mass is 35.5. The number of hydrogen-bond donors (Lipinski definition) is 1. The Morgan fingerprint density at radius 2 is 1.52 bits per heavy atom. The summed E-state index contributed by atoms with van der Waals surface area (Å²) in [4.78, 5) is 17.0. The van der Waals surface area contributed by atoms with Gasteiger partial charge in [0.05, 0.1) is 5.69 Å². The molecule has 1 N–H and O–H groups in total. The molecule has 0 atom stereocenters. The van der Waals surface area contributed by atoms with E-state index >= 15 is 0 Å². The van der Waals surface area contributed by atoms with E-state index in [1.165, 1.54) is 0 Å². The number of rotatable bonds is 4. The summed E-state index contributed by atoms with van der Waals surface area (Å²) in [5.74, 6) is -0.131. The molecule has 0 aliphatic heterocycles. The highest BCUT2D eigenvalue weighted by molar-refractivity contribution is 7.13. The standard InChI is InChI=1S/C22H15ClN2OS/c23-18-12-10-15(11-13-18)20-14-27-22(25-20)17-8-6-16(7-9-17)21(26)24-19-4-2-1-3-5-19/h1-14H,(H,24,26). The molecule has 1 heterocycles. The number of halogens is 1. The Morgan fingerprint density at radius 3 is 2.22 bits per heavy atom. The van der Waals surface area contributed by atoms with E-state index in [1.807, 2.05) is 84.2 Å². The summed E-state index contributed by atoms with van der Waals surface area (Å²) in [6.45, 7) is 0. The van der Waals surface area contributed by atoms with E-state index in [0.717, 1.165) is 27.5 Å². The van der Waals surface area contributed by atoms with Crippen LogP contribution in [0.1, 0.15) is 10.4 Å². The van der Waals surface area contributed by atoms with Gasteiger partial charge in [-0.15, -0.1) is 11.3 Å². The molecule has 132 valence electrons. The number of nitrogens with one attached hydrogen (secondary N) is 1. The van der Waals surface area contributed by atoms with Crippen LogP contribution in [0, 0.1) is 0 Å². The topological polar surface area (TPSA) is 42.0 Å². The number of para-hydroxylation sites is 1. The fourth-order valence-corrected chi connectivity index (χ4v) is 3.61. The van der Waals surface area contributed by atoms with Crippen molar-refractivity contribution in [3.63, 3.8) is 0 Å². The molecular weight excluding hydrogens is 376 g/mol. The Morgan fingerprint density at radius 1 is 0.852 bits per heavy atom. The largest absolute Gasteiger partial charge is 0.322 e. The SMILES string of the molecule is O=C(Nc1ccccc1)c1ccc(-c2nc(-c3ccc(Cl)cc3)cs2)cc1. The van der Waals surface area contributed by atoms with Crippen LogP contribution >= 0.6 is 22.9 Å². The summed E-state index contributed by atoms with van der Waals surface area (Å²) in [6, 6.07) is 24.5. The number of benzene rings is 3. The van der Waals surface area contributed by atoms with Crippen molar-refractivity contribution in [1.82, 2.24) is 4.98 Å². The Labute approximate surface area is 166 Å². The van der Waals surface area contributed by atoms with Gasteiger partial charge in [0.2, 0.25) is 0 Å². The van der Waals surface area contributed by atoms with Gasteiger partial charge in [0.1, 0.15) is 5.01 Å². The van der Waals surface area contributed by atoms with Crippen molar-refractivity contribution in [2.45, 2.75) is 0 Å². The molecule has 1 aromatic heterocycles. The van der Waals surface area contributed by atoms with Crippen LogP contribution in [0.2, 0.25) is 5.02 Å². The minimum absolute atomic E-state index is 0.131. The molecule has 0 unspecified atom stereocenters. The highest BCUT2D eigenvalue weighted by Gasteiger charge is 2.09. The summed E-state index contributed by atoms with van der Waals surface area (Å²) < 4.78 is 0. The van der Waals surface area contributed by atoms with E-state index in [0.29, 0.717) is 10.6 Å². The van der Waals surface area contributed by atoms with Crippen molar-refractivity contribution in [2.75, 3.05) is 5.32 Å². The maximum Gasteiger partial charge on any atom is 0.255 e. The third kappa shape index (κ3) is 4.08. The Kier molecular flexibility index (Phi) is 5.01. The van der Waals surface area contributed by atoms with E-state index in [2.05, 4.69) is 5.32 Å². The molecule has 0 aliphatic carbocycles. The number of amides is 1. The predicted octanol–water partition coefficient (Wildman–Crippen LogP) is 6.38. The average Bonchev–Trinajstić information content (AvgIpc) is 3.20. The maximum atomic E-state index is 12.3. The van der Waals surface area contributed by atoms with Gasteiger partial charge in [-0.2, -0.15) is 0 Å². The quantitative estimate of drug-likeness (QED) is 0.439. The normalized spacial score (nSPS) is 10.6. The lowest BCUT2D eigenvalue weighted by Crippen LogP contribution is -2.11. The number of carbonyl (C=O) groups excluding carboxylic acids is 1. The van der Waals surface area contributed by atoms with Crippen molar-refractivity contribution in [1.29, 1.82) is 0 Å². The van der Waals surface area contributed by atoms with Crippen LogP contribution in [0.15, 0.2) is 84.2 Å². The average molecular weight is 391 g/mol. The van der Waals surface area contributed by atoms with E-state index in [4.69, 9.17) is 16.6 Å². The van der Waals surface area contributed by atoms with Gasteiger partial charge in [-0.25, -0.2) is 4.98 Å². The van der Waals surface area contributed by atoms with Gasteiger partial charge in [-0.3, -0.25) is 4.79 Å². The van der Waals surface area contributed by atoms with Crippen LogP contribution in [0.3, 0.4) is 0 Å². The van der Waals surface area contributed by atoms with E-state index in [-0.39, 0.29) is 5.91 Å². The molecule has 0 fully saturated rings. The van der Waals surface area contributed by atoms with Crippen LogP contribution in [0.4, 0.5) is 5.69 Å². The first-order valence-electron chi connectivity index (χ1n) is 8.37. The molecular formula is C22H15ClN2OS. The molecule has 0 bridgehead atoms. The van der Waals surface area contributed by atoms with Gasteiger partial charge in [0.15, 0.2) is 0 Å². The van der Waals surface area contributed by atoms with Crippen molar-refractivity contribution < 1.29 is 4.79 Å². The Hall–Kier alpha value is -2.95. The lowest BCUT2D eigenvalue weighted by molar-refractivity contribution is 0.102. The second kappa shape index (κ2) is 7.74. The number of nitrogens with zero attached hydrogens (tertiary/aromatic N) is 1. The second-order valence-electron chi connectivity index (χ2n) is 5.94. The summed E-state index contributed by atoms with van der Waals surface area (Å²) in [5.41, 5.74) is 4.31. The molecule has 27 heavy (non-hydrogen) atoms. The van der Waals surface area contributed by atoms with Crippen molar-refractivity contribution in [2.24, 2.45) is 0 Å². The first kappa shape index (κ1) is 17.5. The van der Waals surface area contributed by atoms with Crippen LogP contribution in [-0.4, -0.2) is 10.9 Å². The number of carbonyl (C=O) groups is 1. The first-order valence-corrected chi connectivity index (χ1v) is 9.63. The molecule has 0 saturated carbocycles. The van der Waals surface area contributed by atoms with Crippen LogP contribution in [0.5, 0.6) is 0 Å². The van der Waals surface area contributed by atoms with Gasteiger partial charge in [0, 0.05) is 32.8 Å². The smallest absolute Gasteiger partial charge is 0.255 e. The van der Waals surface area contributed by atoms with E-state index in [1.54, 1.807) is 11.3 Å². The van der Waals surface area contributed by atoms with Gasteiger partial charge >= 0.3 is 0 Å². The lowest BCUT2D eigenvalue weighted by Gasteiger charge is -2.05. The molecule has 3 nitrogen and oxygen atoms in total. The van der Waals surface area contributed by atoms with Crippen LogP contribution in [-0.2, 0) is 0 Å². The fraction of sp³-hybridized carbons (Fsp3) is 0. The molecule has 0 saturated heterocycles. The summed E-state index contributed by atoms with van der Waals surface area (Å²) in [7, 11) is 0. The van der Waals surface area contributed by atoms with E-state index < -0.39 is 0 Å². The summed E-state index contributed by atoms with van der Waals surface area (Å²) >= 11 is 7.52. The molecule has 3 aromatic carbocycles. The highest BCUT2D eigenvalue weighted by Crippen LogP contribution is 2.29. The van der Waals surface area contributed by atoms with Gasteiger partial charge in [-0.05, 0) is 36.4 Å². The summed E-state index contributed by atoms with van der Waals surface area (Å²) in [5, 5.41) is 6.53. The van der Waals surface area contributed by atoms with Crippen LogP contribution in [0.25, 0.3) is 21.8 Å². The predicted molar refractivity (Wildman–Crippen MR) is 112 cm³/mol. The van der Waals surface area contributed by atoms with Crippen molar-refractivity contribution >= 4 is 34.5 Å². The molecule has 5 heteroatoms. The Balaban J connectivity index is 1.51. The van der Waals surface area contributed by atoms with Gasteiger partial charge in [0.25, 0.3) is 5.91 Å². The minimum Gasteiger partial charge on any atom is -0.322 e. The summed E-state index contributed by atoms with van der Waals surface area (Å²) in [6.07, 6.45) is 0. The van der Waals surface area contributed by atoms with E-state index in [9.17, 15) is 4.79 Å². The molecule has 1 amide bonds. The van der Waals surface area contributed by atoms with Gasteiger partial charge < -0.3 is 5.32 Å². The first-order chi connectivity index (χ1) is 13.2. The lowest BCUT2D eigenvalue weighted by atomic mass is 10.1. The zero-order chi connectivity index (χ0) is 18.6. The number of hydrogen-bond acceptors (Lipinski definition) is 3. The van der Waals surface area contributed by atoms with Crippen LogP contribution < -0.4 is 5.32 Å². The minimum atomic E-state index is -0.131. The Bertz CT molecular complexity index is 1060. The van der Waals surface area contributed by atoms with Crippen molar-refractivity contribution in [3.05, 3.63) is 94.8 Å². The number of aromatic nitrogens is 1. The van der Waals surface area contributed by atoms with Crippen molar-refractivity contribution in [3.8, 4) is 21.8 Å². The molecule has 0 spiro atoms.